The van der Waals surface area contributed by atoms with Crippen LogP contribution in [0.5, 0.6) is 5.95 Å². The summed E-state index contributed by atoms with van der Waals surface area (Å²) in [6.07, 6.45) is 2.56. The minimum absolute atomic E-state index is 0.337. The van der Waals surface area contributed by atoms with Crippen LogP contribution in [0.15, 0.2) is 16.5 Å². The fraction of sp³-hybridized carbons (Fsp3) is 0.600. The number of hydrogen-bond acceptors (Lipinski definition) is 4. The molecule has 4 heteroatoms. The van der Waals surface area contributed by atoms with Crippen LogP contribution in [0, 0.1) is 0 Å². The van der Waals surface area contributed by atoms with Gasteiger partial charge >= 0.3 is 0 Å². The Balaban J connectivity index is 1.88. The lowest BCUT2D eigenvalue weighted by Gasteiger charge is -2.11. The summed E-state index contributed by atoms with van der Waals surface area (Å²) in [7, 11) is 0. The van der Waals surface area contributed by atoms with Gasteiger partial charge in [-0.3, -0.25) is 4.90 Å². The van der Waals surface area contributed by atoms with E-state index >= 15 is 0 Å². The Morgan fingerprint density at radius 3 is 2.86 bits per heavy atom. The highest BCUT2D eigenvalue weighted by molar-refractivity contribution is 5.11. The third kappa shape index (κ3) is 2.27. The Hall–Kier alpha value is -1.00. The Labute approximate surface area is 83.1 Å². The van der Waals surface area contributed by atoms with E-state index in [1.165, 1.54) is 12.8 Å². The lowest BCUT2D eigenvalue weighted by Crippen LogP contribution is -2.17. The van der Waals surface area contributed by atoms with E-state index < -0.39 is 0 Å². The molecule has 0 radical (unpaired) electrons. The lowest BCUT2D eigenvalue weighted by atomic mass is 10.4. The van der Waals surface area contributed by atoms with Crippen LogP contribution in [0.2, 0.25) is 0 Å². The topological polar surface area (TPSA) is 45.8 Å². The molecule has 2 rings (SSSR count). The summed E-state index contributed by atoms with van der Waals surface area (Å²) in [4.78, 5) is 2.35. The molecule has 0 atom stereocenters. The summed E-state index contributed by atoms with van der Waals surface area (Å²) in [6.45, 7) is 2.80. The van der Waals surface area contributed by atoms with Gasteiger partial charge in [0.2, 0.25) is 0 Å². The summed E-state index contributed by atoms with van der Waals surface area (Å²) in [5.74, 6) is 1.29. The molecule has 2 heterocycles. The number of nitrogens with zero attached hydrogens (tertiary/aromatic N) is 1. The minimum atomic E-state index is -0.337. The first-order chi connectivity index (χ1) is 6.88. The molecular formula is C10H15NO3. The van der Waals surface area contributed by atoms with Crippen molar-refractivity contribution < 1.29 is 14.3 Å². The van der Waals surface area contributed by atoms with Crippen LogP contribution < -0.4 is 4.74 Å². The standard InChI is InChI=1S/C10H15NO3/c12-8-13-10-4-3-9(14-10)7-11-5-1-2-6-11/h3-4,12H,1-2,5-8H2. The molecule has 0 amide bonds. The van der Waals surface area contributed by atoms with Gasteiger partial charge in [0.05, 0.1) is 6.54 Å². The van der Waals surface area contributed by atoms with Crippen LogP contribution >= 0.6 is 0 Å². The number of ether oxygens (including phenoxy) is 1. The van der Waals surface area contributed by atoms with Gasteiger partial charge in [-0.25, -0.2) is 0 Å². The molecule has 0 aliphatic carbocycles. The molecule has 1 saturated heterocycles. The second kappa shape index (κ2) is 4.48. The fourth-order valence-electron chi connectivity index (χ4n) is 1.75. The van der Waals surface area contributed by atoms with Crippen molar-refractivity contribution in [2.45, 2.75) is 19.4 Å². The Bertz CT molecular complexity index is 279. The highest BCUT2D eigenvalue weighted by atomic mass is 16.6. The third-order valence-electron chi connectivity index (χ3n) is 2.42. The molecule has 4 nitrogen and oxygen atoms in total. The van der Waals surface area contributed by atoms with Crippen LogP contribution in [0.4, 0.5) is 0 Å². The van der Waals surface area contributed by atoms with Crippen molar-refractivity contribution in [2.24, 2.45) is 0 Å². The summed E-state index contributed by atoms with van der Waals surface area (Å²) in [5, 5.41) is 8.52. The molecule has 0 aromatic carbocycles. The maximum atomic E-state index is 8.52. The molecular weight excluding hydrogens is 182 g/mol. The minimum Gasteiger partial charge on any atom is -0.438 e. The van der Waals surface area contributed by atoms with Gasteiger partial charge in [-0.1, -0.05) is 0 Å². The highest BCUT2D eigenvalue weighted by Gasteiger charge is 2.13. The molecule has 1 fully saturated rings. The number of likely N-dealkylation sites (tertiary alicyclic amines) is 1. The first kappa shape index (κ1) is 9.55. The van der Waals surface area contributed by atoms with Crippen LogP contribution in [-0.4, -0.2) is 29.9 Å². The van der Waals surface area contributed by atoms with Gasteiger partial charge in [-0.15, -0.1) is 0 Å². The van der Waals surface area contributed by atoms with Gasteiger partial charge in [0.25, 0.3) is 5.95 Å². The van der Waals surface area contributed by atoms with Crippen molar-refractivity contribution in [2.75, 3.05) is 19.9 Å². The Morgan fingerprint density at radius 2 is 2.14 bits per heavy atom. The molecule has 1 aliphatic rings. The monoisotopic (exact) mass is 197 g/mol. The second-order valence-corrected chi connectivity index (χ2v) is 3.48. The smallest absolute Gasteiger partial charge is 0.286 e. The van der Waals surface area contributed by atoms with E-state index in [4.69, 9.17) is 14.3 Å². The Kier molecular flexibility index (Phi) is 3.06. The fourth-order valence-corrected chi connectivity index (χ4v) is 1.75. The maximum Gasteiger partial charge on any atom is 0.286 e. The van der Waals surface area contributed by atoms with Crippen LogP contribution in [-0.2, 0) is 6.54 Å². The predicted molar refractivity (Wildman–Crippen MR) is 50.9 cm³/mol. The van der Waals surface area contributed by atoms with E-state index in [1.807, 2.05) is 6.07 Å². The van der Waals surface area contributed by atoms with Gasteiger partial charge < -0.3 is 14.3 Å². The van der Waals surface area contributed by atoms with E-state index in [0.29, 0.717) is 5.95 Å². The lowest BCUT2D eigenvalue weighted by molar-refractivity contribution is 0.0728. The van der Waals surface area contributed by atoms with Crippen molar-refractivity contribution in [1.29, 1.82) is 0 Å². The quantitative estimate of drug-likeness (QED) is 0.737. The first-order valence-corrected chi connectivity index (χ1v) is 4.93. The normalized spacial score (nSPS) is 17.5. The highest BCUT2D eigenvalue weighted by Crippen LogP contribution is 2.19. The van der Waals surface area contributed by atoms with Crippen molar-refractivity contribution in [1.82, 2.24) is 4.90 Å². The first-order valence-electron chi connectivity index (χ1n) is 4.93. The molecule has 0 spiro atoms. The van der Waals surface area contributed by atoms with Gasteiger partial charge in [0.15, 0.2) is 6.79 Å². The number of aliphatic hydroxyl groups excluding tert-OH is 1. The molecule has 1 aliphatic heterocycles. The zero-order valence-corrected chi connectivity index (χ0v) is 8.11. The van der Waals surface area contributed by atoms with Gasteiger partial charge in [0.1, 0.15) is 5.76 Å². The van der Waals surface area contributed by atoms with E-state index in [9.17, 15) is 0 Å². The average molecular weight is 197 g/mol. The SMILES string of the molecule is OCOc1ccc(CN2CCCC2)o1. The second-order valence-electron chi connectivity index (χ2n) is 3.48. The average Bonchev–Trinajstić information content (AvgIpc) is 2.79. The predicted octanol–water partition coefficient (Wildman–Crippen LogP) is 1.20. The number of hydrogen-bond donors (Lipinski definition) is 1. The third-order valence-corrected chi connectivity index (χ3v) is 2.42. The molecule has 14 heavy (non-hydrogen) atoms. The summed E-state index contributed by atoms with van der Waals surface area (Å²) < 4.78 is 10.2. The van der Waals surface area contributed by atoms with Gasteiger partial charge in [0, 0.05) is 6.07 Å². The largest absolute Gasteiger partial charge is 0.438 e. The van der Waals surface area contributed by atoms with Crippen molar-refractivity contribution >= 4 is 0 Å². The van der Waals surface area contributed by atoms with Crippen LogP contribution in [0.1, 0.15) is 18.6 Å². The zero-order chi connectivity index (χ0) is 9.80. The van der Waals surface area contributed by atoms with Crippen molar-refractivity contribution in [3.8, 4) is 5.95 Å². The van der Waals surface area contributed by atoms with Gasteiger partial charge in [-0.05, 0) is 32.0 Å². The summed E-state index contributed by atoms with van der Waals surface area (Å²) in [5.41, 5.74) is 0. The zero-order valence-electron chi connectivity index (χ0n) is 8.11. The molecule has 0 bridgehead atoms. The summed E-state index contributed by atoms with van der Waals surface area (Å²) >= 11 is 0. The van der Waals surface area contributed by atoms with E-state index in [1.54, 1.807) is 6.07 Å². The van der Waals surface area contributed by atoms with E-state index in [2.05, 4.69) is 4.90 Å². The van der Waals surface area contributed by atoms with Crippen LogP contribution in [0.3, 0.4) is 0 Å². The van der Waals surface area contributed by atoms with Crippen molar-refractivity contribution in [3.63, 3.8) is 0 Å². The van der Waals surface area contributed by atoms with E-state index in [0.717, 1.165) is 25.4 Å². The molecule has 1 N–H and O–H groups in total. The summed E-state index contributed by atoms with van der Waals surface area (Å²) in [6, 6.07) is 3.63. The maximum absolute atomic E-state index is 8.52. The van der Waals surface area contributed by atoms with Crippen molar-refractivity contribution in [3.05, 3.63) is 17.9 Å². The number of rotatable bonds is 4. The van der Waals surface area contributed by atoms with E-state index in [-0.39, 0.29) is 6.79 Å². The number of furan rings is 1. The molecule has 1 aromatic heterocycles. The molecule has 1 aromatic rings. The molecule has 0 unspecified atom stereocenters. The Morgan fingerprint density at radius 1 is 1.36 bits per heavy atom. The molecule has 78 valence electrons. The van der Waals surface area contributed by atoms with Crippen LogP contribution in [0.25, 0.3) is 0 Å². The van der Waals surface area contributed by atoms with Gasteiger partial charge in [-0.2, -0.15) is 0 Å². The number of aliphatic hydroxyl groups is 1. The molecule has 0 saturated carbocycles.